The highest BCUT2D eigenvalue weighted by molar-refractivity contribution is 6.17. The Morgan fingerprint density at radius 3 is 1.30 bits per heavy atom. The van der Waals surface area contributed by atoms with Crippen molar-refractivity contribution in [3.05, 3.63) is 249 Å². The Hall–Kier alpha value is -9.45. The summed E-state index contributed by atoms with van der Waals surface area (Å²) in [7, 11) is 0. The van der Waals surface area contributed by atoms with Crippen molar-refractivity contribution >= 4 is 65.2 Å². The molecule has 0 unspecified atom stereocenters. The van der Waals surface area contributed by atoms with E-state index < -0.39 is 0 Å². The molecule has 0 radical (unpaired) electrons. The molecule has 14 rings (SSSR count). The predicted molar refractivity (Wildman–Crippen MR) is 291 cm³/mol. The van der Waals surface area contributed by atoms with Crippen molar-refractivity contribution in [1.82, 2.24) is 24.1 Å². The molecular weight excluding hydrogens is 851 g/mol. The minimum Gasteiger partial charge on any atom is -0.309 e. The Labute approximate surface area is 403 Å². The van der Waals surface area contributed by atoms with Crippen molar-refractivity contribution in [1.29, 1.82) is 0 Å². The van der Waals surface area contributed by atoms with Gasteiger partial charge in [-0.15, -0.1) is 0 Å². The largest absolute Gasteiger partial charge is 0.309 e. The van der Waals surface area contributed by atoms with Gasteiger partial charge in [0.15, 0.2) is 17.5 Å². The standard InChI is InChI=1S/C65H41N5/c1-3-16-42(17-4-1)45-22-13-25-50(36-45)64-66-63(67-65(68-64)51-26-14-23-46(37-51)43-18-5-2-6-19-43)44-32-34-52(35-33-44)69-58-29-11-9-28-54(58)57-41-55-49(40-61(57)69)24-15-31-60(55)70-59-30-12-10-27-53(59)56-38-47-20-7-8-21-48(47)39-62(56)70/h1-41H. The first-order chi connectivity index (χ1) is 34.7. The summed E-state index contributed by atoms with van der Waals surface area (Å²) < 4.78 is 4.85. The second-order valence-corrected chi connectivity index (χ2v) is 18.0. The van der Waals surface area contributed by atoms with Crippen LogP contribution in [0.4, 0.5) is 0 Å². The van der Waals surface area contributed by atoms with Gasteiger partial charge in [0.1, 0.15) is 0 Å². The zero-order valence-corrected chi connectivity index (χ0v) is 37.9. The van der Waals surface area contributed by atoms with E-state index in [0.717, 1.165) is 61.4 Å². The molecule has 326 valence electrons. The minimum absolute atomic E-state index is 0.612. The minimum atomic E-state index is 0.612. The van der Waals surface area contributed by atoms with Crippen LogP contribution in [0.3, 0.4) is 0 Å². The number of rotatable bonds is 7. The van der Waals surface area contributed by atoms with Crippen LogP contribution in [0.1, 0.15) is 0 Å². The first kappa shape index (κ1) is 39.7. The van der Waals surface area contributed by atoms with Crippen molar-refractivity contribution in [3.8, 4) is 67.8 Å². The second kappa shape index (κ2) is 16.1. The number of nitrogens with zero attached hydrogens (tertiary/aromatic N) is 5. The van der Waals surface area contributed by atoms with Gasteiger partial charge in [-0.25, -0.2) is 15.0 Å². The van der Waals surface area contributed by atoms with E-state index in [-0.39, 0.29) is 0 Å². The van der Waals surface area contributed by atoms with Crippen molar-refractivity contribution in [3.63, 3.8) is 0 Å². The van der Waals surface area contributed by atoms with Gasteiger partial charge < -0.3 is 9.13 Å². The van der Waals surface area contributed by atoms with Crippen LogP contribution in [0.5, 0.6) is 0 Å². The molecule has 0 aliphatic carbocycles. The van der Waals surface area contributed by atoms with Gasteiger partial charge in [0.25, 0.3) is 0 Å². The Balaban J connectivity index is 0.908. The monoisotopic (exact) mass is 891 g/mol. The molecule has 0 bridgehead atoms. The number of hydrogen-bond acceptors (Lipinski definition) is 3. The zero-order valence-electron chi connectivity index (χ0n) is 37.9. The summed E-state index contributed by atoms with van der Waals surface area (Å²) in [5, 5.41) is 9.77. The highest BCUT2D eigenvalue weighted by Crippen LogP contribution is 2.41. The van der Waals surface area contributed by atoms with Crippen molar-refractivity contribution in [2.45, 2.75) is 0 Å². The van der Waals surface area contributed by atoms with Crippen LogP contribution in [0.2, 0.25) is 0 Å². The maximum Gasteiger partial charge on any atom is 0.164 e. The molecule has 0 fully saturated rings. The molecule has 0 saturated heterocycles. The number of benzene rings is 11. The summed E-state index contributed by atoms with van der Waals surface area (Å²) in [5.74, 6) is 1.85. The fourth-order valence-electron chi connectivity index (χ4n) is 10.6. The second-order valence-electron chi connectivity index (χ2n) is 18.0. The smallest absolute Gasteiger partial charge is 0.164 e. The average Bonchev–Trinajstić information content (AvgIpc) is 3.93. The van der Waals surface area contributed by atoms with E-state index >= 15 is 0 Å². The van der Waals surface area contributed by atoms with Gasteiger partial charge in [-0.1, -0.05) is 170 Å². The maximum atomic E-state index is 5.19. The lowest BCUT2D eigenvalue weighted by Gasteiger charge is -2.14. The Morgan fingerprint density at radius 2 is 0.671 bits per heavy atom. The molecule has 0 aliphatic heterocycles. The van der Waals surface area contributed by atoms with Crippen LogP contribution >= 0.6 is 0 Å². The highest BCUT2D eigenvalue weighted by Gasteiger charge is 2.20. The molecule has 5 heteroatoms. The highest BCUT2D eigenvalue weighted by atomic mass is 15.0. The lowest BCUT2D eigenvalue weighted by Crippen LogP contribution is -2.01. The Morgan fingerprint density at radius 1 is 0.229 bits per heavy atom. The van der Waals surface area contributed by atoms with Crippen molar-refractivity contribution in [2.75, 3.05) is 0 Å². The van der Waals surface area contributed by atoms with E-state index in [2.05, 4.69) is 246 Å². The van der Waals surface area contributed by atoms with Crippen LogP contribution < -0.4 is 0 Å². The summed E-state index contributed by atoms with van der Waals surface area (Å²) in [5.41, 5.74) is 14.2. The van der Waals surface area contributed by atoms with E-state index in [4.69, 9.17) is 15.0 Å². The topological polar surface area (TPSA) is 48.5 Å². The van der Waals surface area contributed by atoms with Gasteiger partial charge in [-0.3, -0.25) is 0 Å². The molecule has 14 aromatic rings. The molecule has 70 heavy (non-hydrogen) atoms. The molecule has 0 spiro atoms. The van der Waals surface area contributed by atoms with Gasteiger partial charge in [0, 0.05) is 49.3 Å². The van der Waals surface area contributed by atoms with Crippen LogP contribution in [-0.2, 0) is 0 Å². The van der Waals surface area contributed by atoms with Crippen molar-refractivity contribution in [2.24, 2.45) is 0 Å². The molecule has 0 N–H and O–H groups in total. The van der Waals surface area contributed by atoms with E-state index in [0.29, 0.717) is 17.5 Å². The third kappa shape index (κ3) is 6.59. The van der Waals surface area contributed by atoms with E-state index in [1.54, 1.807) is 0 Å². The molecule has 0 aliphatic rings. The Bertz CT molecular complexity index is 4240. The number of aromatic nitrogens is 5. The molecule has 3 aromatic heterocycles. The quantitative estimate of drug-likeness (QED) is 0.160. The fourth-order valence-corrected chi connectivity index (χ4v) is 10.6. The fraction of sp³-hybridized carbons (Fsp3) is 0. The molecule has 5 nitrogen and oxygen atoms in total. The number of fused-ring (bicyclic) bond motifs is 8. The maximum absolute atomic E-state index is 5.19. The summed E-state index contributed by atoms with van der Waals surface area (Å²) >= 11 is 0. The van der Waals surface area contributed by atoms with Crippen molar-refractivity contribution < 1.29 is 0 Å². The van der Waals surface area contributed by atoms with Gasteiger partial charge in [0.2, 0.25) is 0 Å². The summed E-state index contributed by atoms with van der Waals surface area (Å²) in [6, 6.07) is 88.8. The lowest BCUT2D eigenvalue weighted by atomic mass is 10.0. The van der Waals surface area contributed by atoms with Crippen LogP contribution in [0.25, 0.3) is 133 Å². The molecule has 0 saturated carbocycles. The van der Waals surface area contributed by atoms with Crippen LogP contribution in [0, 0.1) is 0 Å². The summed E-state index contributed by atoms with van der Waals surface area (Å²) in [4.78, 5) is 15.5. The first-order valence-electron chi connectivity index (χ1n) is 23.8. The predicted octanol–water partition coefficient (Wildman–Crippen LogP) is 16.7. The Kier molecular flexibility index (Phi) is 9.14. The van der Waals surface area contributed by atoms with Gasteiger partial charge >= 0.3 is 0 Å². The lowest BCUT2D eigenvalue weighted by molar-refractivity contribution is 1.07. The molecule has 11 aromatic carbocycles. The van der Waals surface area contributed by atoms with Crippen LogP contribution in [0.15, 0.2) is 249 Å². The molecule has 0 amide bonds. The SMILES string of the molecule is c1ccc(-c2cccc(-c3nc(-c4ccc(-n5c6ccccc6c6cc7c(-n8c9ccccc9c9cc%10ccccc%10cc98)cccc7cc65)cc4)nc(-c4cccc(-c5ccccc5)c4)n3)c2)cc1. The molecule has 3 heterocycles. The van der Waals surface area contributed by atoms with Gasteiger partial charge in [-0.2, -0.15) is 0 Å². The van der Waals surface area contributed by atoms with E-state index in [1.807, 2.05) is 12.1 Å². The third-order valence-corrected chi connectivity index (χ3v) is 13.9. The average molecular weight is 892 g/mol. The van der Waals surface area contributed by atoms with Gasteiger partial charge in [-0.05, 0) is 117 Å². The number of hydrogen-bond donors (Lipinski definition) is 0. The summed E-state index contributed by atoms with van der Waals surface area (Å²) in [6.45, 7) is 0. The van der Waals surface area contributed by atoms with Gasteiger partial charge in [0.05, 0.1) is 27.8 Å². The normalized spacial score (nSPS) is 11.7. The number of para-hydroxylation sites is 2. The third-order valence-electron chi connectivity index (χ3n) is 13.9. The van der Waals surface area contributed by atoms with E-state index in [9.17, 15) is 0 Å². The van der Waals surface area contributed by atoms with Crippen LogP contribution in [-0.4, -0.2) is 24.1 Å². The summed E-state index contributed by atoms with van der Waals surface area (Å²) in [6.07, 6.45) is 0. The molecular formula is C65H41N5. The first-order valence-corrected chi connectivity index (χ1v) is 23.8. The van der Waals surface area contributed by atoms with E-state index in [1.165, 1.54) is 54.1 Å². The molecule has 0 atom stereocenters. The zero-order chi connectivity index (χ0) is 46.1.